The van der Waals surface area contributed by atoms with Gasteiger partial charge in [-0.3, -0.25) is 4.40 Å². The van der Waals surface area contributed by atoms with Crippen LogP contribution in [0.15, 0.2) is 36.5 Å². The fourth-order valence-electron chi connectivity index (χ4n) is 4.55. The molecule has 0 spiro atoms. The van der Waals surface area contributed by atoms with Crippen LogP contribution in [-0.2, 0) is 10.3 Å². The molecule has 152 valence electrons. The highest BCUT2D eigenvalue weighted by molar-refractivity contribution is 5.54. The van der Waals surface area contributed by atoms with Crippen LogP contribution >= 0.6 is 0 Å². The second kappa shape index (κ2) is 7.10. The van der Waals surface area contributed by atoms with E-state index in [1.54, 1.807) is 7.11 Å². The molecule has 0 atom stereocenters. The minimum absolute atomic E-state index is 0.130. The maximum Gasteiger partial charge on any atom is 0.167 e. The van der Waals surface area contributed by atoms with Gasteiger partial charge in [-0.1, -0.05) is 12.1 Å². The molecule has 2 aromatic heterocycles. The van der Waals surface area contributed by atoms with Crippen molar-refractivity contribution in [3.63, 3.8) is 0 Å². The summed E-state index contributed by atoms with van der Waals surface area (Å²) in [5, 5.41) is 8.79. The maximum absolute atomic E-state index is 13.3. The van der Waals surface area contributed by atoms with Crippen molar-refractivity contribution in [1.82, 2.24) is 14.6 Å². The van der Waals surface area contributed by atoms with Gasteiger partial charge >= 0.3 is 0 Å². The Balaban J connectivity index is 1.31. The van der Waals surface area contributed by atoms with Crippen molar-refractivity contribution >= 4 is 5.65 Å². The highest BCUT2D eigenvalue weighted by Crippen LogP contribution is 2.42. The molecule has 0 aliphatic heterocycles. The Labute approximate surface area is 169 Å². The smallest absolute Gasteiger partial charge is 0.167 e. The number of benzene rings is 1. The molecule has 0 saturated heterocycles. The van der Waals surface area contributed by atoms with Crippen LogP contribution < -0.4 is 4.74 Å². The largest absolute Gasteiger partial charge is 0.490 e. The van der Waals surface area contributed by atoms with Crippen LogP contribution in [0.1, 0.15) is 61.4 Å². The number of methoxy groups -OCH3 is 1. The highest BCUT2D eigenvalue weighted by atomic mass is 19.1. The van der Waals surface area contributed by atoms with E-state index in [0.29, 0.717) is 5.92 Å². The highest BCUT2D eigenvalue weighted by Gasteiger charge is 2.38. The molecule has 2 heterocycles. The van der Waals surface area contributed by atoms with Crippen molar-refractivity contribution in [2.45, 2.75) is 63.1 Å². The van der Waals surface area contributed by atoms with Crippen molar-refractivity contribution in [3.05, 3.63) is 59.3 Å². The Morgan fingerprint density at radius 2 is 1.76 bits per heavy atom. The second-order valence-electron chi connectivity index (χ2n) is 8.35. The lowest BCUT2D eigenvalue weighted by atomic mass is 9.78. The molecular formula is C23H26FN3O2. The quantitative estimate of drug-likeness (QED) is 0.615. The first kappa shape index (κ1) is 18.6. The van der Waals surface area contributed by atoms with E-state index in [4.69, 9.17) is 9.47 Å². The lowest BCUT2D eigenvalue weighted by Crippen LogP contribution is -2.37. The predicted octanol–water partition coefficient (Wildman–Crippen LogP) is 4.92. The topological polar surface area (TPSA) is 48.7 Å². The number of fused-ring (bicyclic) bond motifs is 1. The Morgan fingerprint density at radius 3 is 2.41 bits per heavy atom. The van der Waals surface area contributed by atoms with E-state index in [-0.39, 0.29) is 17.5 Å². The number of hydrogen-bond acceptors (Lipinski definition) is 4. The Bertz CT molecular complexity index is 1020. The van der Waals surface area contributed by atoms with Crippen molar-refractivity contribution in [2.75, 3.05) is 7.11 Å². The average molecular weight is 395 g/mol. The molecule has 29 heavy (non-hydrogen) atoms. The zero-order chi connectivity index (χ0) is 20.0. The van der Waals surface area contributed by atoms with Gasteiger partial charge in [-0.25, -0.2) is 4.39 Å². The molecule has 2 fully saturated rings. The first-order valence-electron chi connectivity index (χ1n) is 10.4. The fourth-order valence-corrected chi connectivity index (χ4v) is 4.55. The number of nitrogens with zero attached hydrogens (tertiary/aromatic N) is 3. The van der Waals surface area contributed by atoms with Crippen LogP contribution in [0, 0.1) is 12.7 Å². The number of aryl methyl sites for hydroxylation is 1. The van der Waals surface area contributed by atoms with E-state index in [9.17, 15) is 4.39 Å². The summed E-state index contributed by atoms with van der Waals surface area (Å²) in [6.07, 6.45) is 8.03. The molecule has 2 aliphatic rings. The third kappa shape index (κ3) is 3.29. The van der Waals surface area contributed by atoms with E-state index in [1.165, 1.54) is 25.0 Å². The summed E-state index contributed by atoms with van der Waals surface area (Å²) in [5.74, 6) is 2.28. The first-order chi connectivity index (χ1) is 14.1. The molecule has 0 radical (unpaired) electrons. The molecule has 0 bridgehead atoms. The lowest BCUT2D eigenvalue weighted by Gasteiger charge is -2.39. The molecule has 0 unspecified atom stereocenters. The molecule has 3 aromatic rings. The third-order valence-electron chi connectivity index (χ3n) is 6.54. The van der Waals surface area contributed by atoms with Crippen LogP contribution in [0.25, 0.3) is 5.65 Å². The second-order valence-corrected chi connectivity index (χ2v) is 8.35. The first-order valence-corrected chi connectivity index (χ1v) is 10.4. The summed E-state index contributed by atoms with van der Waals surface area (Å²) < 4.78 is 27.7. The van der Waals surface area contributed by atoms with Gasteiger partial charge in [-0.15, -0.1) is 10.2 Å². The van der Waals surface area contributed by atoms with E-state index in [2.05, 4.69) is 21.5 Å². The molecule has 5 rings (SSSR count). The Kier molecular flexibility index (Phi) is 4.54. The minimum atomic E-state index is -0.362. The summed E-state index contributed by atoms with van der Waals surface area (Å²) in [6.45, 7) is 2.05. The van der Waals surface area contributed by atoms with Crippen molar-refractivity contribution in [2.24, 2.45) is 0 Å². The van der Waals surface area contributed by atoms with E-state index < -0.39 is 0 Å². The molecule has 5 nitrogen and oxygen atoms in total. The van der Waals surface area contributed by atoms with Crippen molar-refractivity contribution in [3.8, 4) is 5.75 Å². The zero-order valence-electron chi connectivity index (χ0n) is 16.9. The van der Waals surface area contributed by atoms with Gasteiger partial charge in [0.1, 0.15) is 17.4 Å². The van der Waals surface area contributed by atoms with Crippen LogP contribution in [0.4, 0.5) is 4.39 Å². The fraction of sp³-hybridized carbons (Fsp3) is 0.478. The van der Waals surface area contributed by atoms with Gasteiger partial charge in [0.25, 0.3) is 0 Å². The summed E-state index contributed by atoms with van der Waals surface area (Å²) in [6, 6.07) is 8.72. The molecule has 0 amide bonds. The lowest BCUT2D eigenvalue weighted by molar-refractivity contribution is -0.0650. The number of rotatable bonds is 5. The summed E-state index contributed by atoms with van der Waals surface area (Å²) in [5.41, 5.74) is 2.60. The Morgan fingerprint density at radius 1 is 1.03 bits per heavy atom. The molecule has 2 aliphatic carbocycles. The minimum Gasteiger partial charge on any atom is -0.490 e. The number of hydrogen-bond donors (Lipinski definition) is 0. The Hall–Kier alpha value is -2.47. The predicted molar refractivity (Wildman–Crippen MR) is 108 cm³/mol. The number of aromatic nitrogens is 3. The molecule has 2 saturated carbocycles. The molecule has 6 heteroatoms. The van der Waals surface area contributed by atoms with Gasteiger partial charge in [0.2, 0.25) is 0 Å². The van der Waals surface area contributed by atoms with Gasteiger partial charge < -0.3 is 9.47 Å². The third-order valence-corrected chi connectivity index (χ3v) is 6.54. The molecular weight excluding hydrogens is 369 g/mol. The monoisotopic (exact) mass is 395 g/mol. The van der Waals surface area contributed by atoms with Crippen LogP contribution in [0.3, 0.4) is 0 Å². The maximum atomic E-state index is 13.3. The van der Waals surface area contributed by atoms with Gasteiger partial charge in [-0.05, 0) is 69.2 Å². The SMILES string of the molecule is CO[C@]1(c2ccc(F)cc2)CC[C@H](Oc2ccn3c(C4CC4)nnc3c2C)CC1. The van der Waals surface area contributed by atoms with Gasteiger partial charge in [0.15, 0.2) is 5.65 Å². The van der Waals surface area contributed by atoms with Crippen LogP contribution in [-0.4, -0.2) is 27.8 Å². The summed E-state index contributed by atoms with van der Waals surface area (Å²) in [7, 11) is 1.74. The normalized spacial score (nSPS) is 24.7. The van der Waals surface area contributed by atoms with Gasteiger partial charge in [-0.2, -0.15) is 0 Å². The van der Waals surface area contributed by atoms with Crippen LogP contribution in [0.5, 0.6) is 5.75 Å². The summed E-state index contributed by atoms with van der Waals surface area (Å²) in [4.78, 5) is 0. The van der Waals surface area contributed by atoms with Crippen molar-refractivity contribution in [1.29, 1.82) is 0 Å². The summed E-state index contributed by atoms with van der Waals surface area (Å²) >= 11 is 0. The van der Waals surface area contributed by atoms with E-state index >= 15 is 0 Å². The average Bonchev–Trinajstić information content (AvgIpc) is 3.50. The molecule has 0 N–H and O–H groups in total. The zero-order valence-corrected chi connectivity index (χ0v) is 16.9. The van der Waals surface area contributed by atoms with Gasteiger partial charge in [0.05, 0.1) is 11.7 Å². The van der Waals surface area contributed by atoms with E-state index in [1.807, 2.05) is 24.4 Å². The van der Waals surface area contributed by atoms with Gasteiger partial charge in [0, 0.05) is 24.8 Å². The number of ether oxygens (including phenoxy) is 2. The number of pyridine rings is 1. The standard InChI is InChI=1S/C23H26FN3O2/c1-15-20(11-14-27-21(15)25-26-22(27)16-3-4-16)29-19-9-12-23(28-2,13-10-19)17-5-7-18(24)8-6-17/h5-8,11,14,16,19H,3-4,9-10,12-13H2,1-2H3/t19-,23+. The van der Waals surface area contributed by atoms with E-state index in [0.717, 1.165) is 54.0 Å². The molecule has 1 aromatic carbocycles. The van der Waals surface area contributed by atoms with Crippen LogP contribution in [0.2, 0.25) is 0 Å². The van der Waals surface area contributed by atoms with Crippen molar-refractivity contribution < 1.29 is 13.9 Å². The number of halogens is 1.